The molecule has 4 heteroatoms. The predicted octanol–water partition coefficient (Wildman–Crippen LogP) is 2.79. The number of carbonyl (C=O) groups is 1. The molecule has 1 aliphatic carbocycles. The maximum absolute atomic E-state index is 12.8. The van der Waals surface area contributed by atoms with Crippen molar-refractivity contribution in [3.05, 3.63) is 35.6 Å². The lowest BCUT2D eigenvalue weighted by molar-refractivity contribution is -0.110. The monoisotopic (exact) mass is 265 g/mol. The van der Waals surface area contributed by atoms with E-state index in [9.17, 15) is 9.18 Å². The fourth-order valence-electron chi connectivity index (χ4n) is 2.51. The van der Waals surface area contributed by atoms with Crippen LogP contribution in [0.15, 0.2) is 24.3 Å². The second kappa shape index (κ2) is 7.24. The molecule has 1 aromatic carbocycles. The zero-order valence-corrected chi connectivity index (χ0v) is 11.0. The van der Waals surface area contributed by atoms with Crippen LogP contribution in [-0.4, -0.2) is 18.6 Å². The number of carbonyl (C=O) groups excluding carboxylic acids is 1. The van der Waals surface area contributed by atoms with Crippen LogP contribution in [0.3, 0.4) is 0 Å². The highest BCUT2D eigenvalue weighted by Crippen LogP contribution is 2.21. The van der Waals surface area contributed by atoms with Crippen molar-refractivity contribution in [1.82, 2.24) is 5.32 Å². The minimum Gasteiger partial charge on any atom is -0.373 e. The van der Waals surface area contributed by atoms with Crippen molar-refractivity contribution in [2.24, 2.45) is 0 Å². The first kappa shape index (κ1) is 14.0. The molecule has 0 aromatic heterocycles. The molecule has 19 heavy (non-hydrogen) atoms. The Balaban J connectivity index is 1.83. The number of rotatable bonds is 5. The Morgan fingerprint density at radius 3 is 2.74 bits per heavy atom. The number of halogens is 1. The van der Waals surface area contributed by atoms with Crippen molar-refractivity contribution < 1.29 is 13.9 Å². The standard InChI is InChI=1S/C15H20FNO2/c16-13-7-5-12(6-8-13)10-19-15-4-2-1-3-14(9-15)17-11-18/h5-8,11,14-15H,1-4,9-10H2,(H,17,18). The number of benzene rings is 1. The van der Waals surface area contributed by atoms with E-state index in [4.69, 9.17) is 4.74 Å². The summed E-state index contributed by atoms with van der Waals surface area (Å²) in [7, 11) is 0. The maximum Gasteiger partial charge on any atom is 0.207 e. The van der Waals surface area contributed by atoms with Gasteiger partial charge in [-0.05, 0) is 37.0 Å². The number of nitrogens with one attached hydrogen (secondary N) is 1. The van der Waals surface area contributed by atoms with Gasteiger partial charge in [-0.2, -0.15) is 0 Å². The van der Waals surface area contributed by atoms with Gasteiger partial charge >= 0.3 is 0 Å². The van der Waals surface area contributed by atoms with E-state index in [1.807, 2.05) is 0 Å². The minimum absolute atomic E-state index is 0.171. The van der Waals surface area contributed by atoms with E-state index in [0.29, 0.717) is 6.61 Å². The van der Waals surface area contributed by atoms with E-state index >= 15 is 0 Å². The zero-order valence-electron chi connectivity index (χ0n) is 11.0. The molecule has 1 aromatic rings. The lowest BCUT2D eigenvalue weighted by Crippen LogP contribution is -2.31. The highest BCUT2D eigenvalue weighted by Gasteiger charge is 2.20. The van der Waals surface area contributed by atoms with Crippen LogP contribution >= 0.6 is 0 Å². The molecule has 0 radical (unpaired) electrons. The Hall–Kier alpha value is -1.42. The van der Waals surface area contributed by atoms with E-state index in [2.05, 4.69) is 5.32 Å². The molecule has 2 unspecified atom stereocenters. The van der Waals surface area contributed by atoms with Gasteiger partial charge in [0.1, 0.15) is 5.82 Å². The molecule has 3 nitrogen and oxygen atoms in total. The normalized spacial score (nSPS) is 23.6. The molecule has 104 valence electrons. The Labute approximate surface area is 113 Å². The SMILES string of the molecule is O=CNC1CCCCC(OCc2ccc(F)cc2)C1. The van der Waals surface area contributed by atoms with Crippen LogP contribution in [0, 0.1) is 5.82 Å². The molecule has 0 bridgehead atoms. The third kappa shape index (κ3) is 4.63. The van der Waals surface area contributed by atoms with Crippen LogP contribution in [0.5, 0.6) is 0 Å². The number of amides is 1. The van der Waals surface area contributed by atoms with E-state index in [1.165, 1.54) is 12.1 Å². The average molecular weight is 265 g/mol. The molecule has 1 amide bonds. The highest BCUT2D eigenvalue weighted by atomic mass is 19.1. The minimum atomic E-state index is -0.228. The first-order valence-electron chi connectivity index (χ1n) is 6.83. The van der Waals surface area contributed by atoms with Crippen molar-refractivity contribution in [2.45, 2.75) is 50.9 Å². The van der Waals surface area contributed by atoms with Gasteiger partial charge in [0.15, 0.2) is 0 Å². The molecule has 1 saturated carbocycles. The molecule has 0 heterocycles. The van der Waals surface area contributed by atoms with Gasteiger partial charge in [-0.15, -0.1) is 0 Å². The van der Waals surface area contributed by atoms with Gasteiger partial charge < -0.3 is 10.1 Å². The van der Waals surface area contributed by atoms with Gasteiger partial charge in [0.05, 0.1) is 12.7 Å². The molecule has 1 aliphatic rings. The van der Waals surface area contributed by atoms with Gasteiger partial charge in [0.25, 0.3) is 0 Å². The van der Waals surface area contributed by atoms with E-state index < -0.39 is 0 Å². The Morgan fingerprint density at radius 2 is 2.00 bits per heavy atom. The van der Waals surface area contributed by atoms with Crippen molar-refractivity contribution in [1.29, 1.82) is 0 Å². The van der Waals surface area contributed by atoms with E-state index in [0.717, 1.165) is 44.1 Å². The summed E-state index contributed by atoms with van der Waals surface area (Å²) in [6, 6.07) is 6.60. The second-order valence-electron chi connectivity index (χ2n) is 5.06. The van der Waals surface area contributed by atoms with Gasteiger partial charge in [-0.3, -0.25) is 4.79 Å². The number of hydrogen-bond acceptors (Lipinski definition) is 2. The summed E-state index contributed by atoms with van der Waals surface area (Å²) in [6.45, 7) is 0.499. The van der Waals surface area contributed by atoms with E-state index in [-0.39, 0.29) is 18.0 Å². The summed E-state index contributed by atoms with van der Waals surface area (Å²) in [5.74, 6) is -0.228. The molecule has 0 spiro atoms. The molecule has 0 saturated heterocycles. The molecular formula is C15H20FNO2. The average Bonchev–Trinajstić information content (AvgIpc) is 2.64. The van der Waals surface area contributed by atoms with Crippen molar-refractivity contribution >= 4 is 6.41 Å². The summed E-state index contributed by atoms with van der Waals surface area (Å²) >= 11 is 0. The van der Waals surface area contributed by atoms with Crippen LogP contribution in [0.25, 0.3) is 0 Å². The second-order valence-corrected chi connectivity index (χ2v) is 5.06. The first-order valence-corrected chi connectivity index (χ1v) is 6.83. The predicted molar refractivity (Wildman–Crippen MR) is 71.0 cm³/mol. The topological polar surface area (TPSA) is 38.3 Å². The fraction of sp³-hybridized carbons (Fsp3) is 0.533. The van der Waals surface area contributed by atoms with Crippen molar-refractivity contribution in [2.75, 3.05) is 0 Å². The molecular weight excluding hydrogens is 245 g/mol. The summed E-state index contributed by atoms with van der Waals surface area (Å²) in [5.41, 5.74) is 0.977. The van der Waals surface area contributed by atoms with Crippen LogP contribution < -0.4 is 5.32 Å². The Bertz CT molecular complexity index is 394. The van der Waals surface area contributed by atoms with Gasteiger partial charge in [-0.25, -0.2) is 4.39 Å². The van der Waals surface area contributed by atoms with Crippen LogP contribution in [-0.2, 0) is 16.1 Å². The summed E-state index contributed by atoms with van der Waals surface area (Å²) in [6.07, 6.45) is 6.11. The molecule has 2 rings (SSSR count). The van der Waals surface area contributed by atoms with Crippen LogP contribution in [0.4, 0.5) is 4.39 Å². The first-order chi connectivity index (χ1) is 9.28. The summed E-state index contributed by atoms with van der Waals surface area (Å²) < 4.78 is 18.7. The van der Waals surface area contributed by atoms with Gasteiger partial charge in [-0.1, -0.05) is 25.0 Å². The zero-order chi connectivity index (χ0) is 13.5. The van der Waals surface area contributed by atoms with Crippen LogP contribution in [0.2, 0.25) is 0 Å². The Kier molecular flexibility index (Phi) is 5.33. The summed E-state index contributed by atoms with van der Waals surface area (Å²) in [5, 5.41) is 2.85. The van der Waals surface area contributed by atoms with E-state index in [1.54, 1.807) is 12.1 Å². The van der Waals surface area contributed by atoms with Crippen molar-refractivity contribution in [3.8, 4) is 0 Å². The Morgan fingerprint density at radius 1 is 1.26 bits per heavy atom. The smallest absolute Gasteiger partial charge is 0.207 e. The highest BCUT2D eigenvalue weighted by molar-refractivity contribution is 5.46. The fourth-order valence-corrected chi connectivity index (χ4v) is 2.51. The maximum atomic E-state index is 12.8. The quantitative estimate of drug-likeness (QED) is 0.656. The molecule has 1 N–H and O–H groups in total. The van der Waals surface area contributed by atoms with Crippen LogP contribution in [0.1, 0.15) is 37.7 Å². The molecule has 1 fully saturated rings. The molecule has 2 atom stereocenters. The van der Waals surface area contributed by atoms with Gasteiger partial charge in [0, 0.05) is 6.04 Å². The lowest BCUT2D eigenvalue weighted by atomic mass is 10.1. The number of hydrogen-bond donors (Lipinski definition) is 1. The molecule has 0 aliphatic heterocycles. The summed E-state index contributed by atoms with van der Waals surface area (Å²) in [4.78, 5) is 10.5. The van der Waals surface area contributed by atoms with Crippen molar-refractivity contribution in [3.63, 3.8) is 0 Å². The van der Waals surface area contributed by atoms with Gasteiger partial charge in [0.2, 0.25) is 6.41 Å². The largest absolute Gasteiger partial charge is 0.373 e. The third-order valence-corrected chi connectivity index (χ3v) is 3.58. The third-order valence-electron chi connectivity index (χ3n) is 3.58. The number of ether oxygens (including phenoxy) is 1. The lowest BCUT2D eigenvalue weighted by Gasteiger charge is -2.20.